The van der Waals surface area contributed by atoms with Gasteiger partial charge in [-0.05, 0) is 48.1 Å². The number of anilines is 1. The lowest BCUT2D eigenvalue weighted by molar-refractivity contribution is -0.140. The Hall–Kier alpha value is -3.48. The van der Waals surface area contributed by atoms with Gasteiger partial charge in [0.05, 0.1) is 18.1 Å². The van der Waals surface area contributed by atoms with Crippen LogP contribution in [0.1, 0.15) is 17.5 Å². The number of hydrogen-bond donors (Lipinski definition) is 0. The van der Waals surface area contributed by atoms with Crippen LogP contribution in [0.4, 0.5) is 10.1 Å². The minimum Gasteiger partial charge on any atom is -0.488 e. The van der Waals surface area contributed by atoms with Gasteiger partial charge in [0.2, 0.25) is 0 Å². The lowest BCUT2D eigenvalue weighted by Crippen LogP contribution is -2.28. The van der Waals surface area contributed by atoms with Crippen LogP contribution in [0.3, 0.4) is 0 Å². The van der Waals surface area contributed by atoms with E-state index in [4.69, 9.17) is 4.74 Å². The smallest absolute Gasteiger partial charge is 0.254 e. The molecule has 164 valence electrons. The van der Waals surface area contributed by atoms with Crippen LogP contribution in [0.5, 0.6) is 5.75 Å². The summed E-state index contributed by atoms with van der Waals surface area (Å²) in [6.07, 6.45) is 6.51. The normalized spacial score (nSPS) is 25.8. The predicted octanol–water partition coefficient (Wildman–Crippen LogP) is 3.61. The molecular weight excluding hydrogens is 409 g/mol. The number of nitrogens with zero attached hydrogens (tertiary/aromatic N) is 3. The Balaban J connectivity index is 1.38. The summed E-state index contributed by atoms with van der Waals surface area (Å²) in [7, 11) is 3.85. The number of allylic oxidation sites excluding steroid dienone is 2. The summed E-state index contributed by atoms with van der Waals surface area (Å²) in [5.74, 6) is -0.431. The summed E-state index contributed by atoms with van der Waals surface area (Å²) in [6, 6.07) is 11.7. The van der Waals surface area contributed by atoms with Crippen LogP contribution < -0.4 is 9.64 Å². The quantitative estimate of drug-likeness (QED) is 0.397. The lowest BCUT2D eigenvalue weighted by atomic mass is 9.85. The highest BCUT2D eigenvalue weighted by Crippen LogP contribution is 2.52. The van der Waals surface area contributed by atoms with Gasteiger partial charge < -0.3 is 9.64 Å². The Bertz CT molecular complexity index is 1100. The molecule has 2 aliphatic carbocycles. The summed E-state index contributed by atoms with van der Waals surface area (Å²) >= 11 is 0. The van der Waals surface area contributed by atoms with E-state index in [1.807, 2.05) is 37.2 Å². The van der Waals surface area contributed by atoms with E-state index in [0.29, 0.717) is 11.3 Å². The number of hydrogen-bond acceptors (Lipinski definition) is 5. The summed E-state index contributed by atoms with van der Waals surface area (Å²) in [6.45, 7) is 0.249. The van der Waals surface area contributed by atoms with E-state index in [2.05, 4.69) is 17.3 Å². The van der Waals surface area contributed by atoms with Gasteiger partial charge in [0.15, 0.2) is 0 Å². The highest BCUT2D eigenvalue weighted by molar-refractivity contribution is 6.07. The van der Waals surface area contributed by atoms with Gasteiger partial charge in [0, 0.05) is 31.4 Å². The Labute approximate surface area is 186 Å². The molecule has 1 saturated carbocycles. The molecule has 5 rings (SSSR count). The highest BCUT2D eigenvalue weighted by atomic mass is 19.1. The van der Waals surface area contributed by atoms with Crippen molar-refractivity contribution in [3.63, 3.8) is 0 Å². The van der Waals surface area contributed by atoms with Crippen LogP contribution >= 0.6 is 0 Å². The maximum absolute atomic E-state index is 13.2. The first-order chi connectivity index (χ1) is 15.4. The number of carbonyl (C=O) groups excluding carboxylic acids is 2. The van der Waals surface area contributed by atoms with E-state index >= 15 is 0 Å². The number of halogens is 1. The molecule has 0 radical (unpaired) electrons. The summed E-state index contributed by atoms with van der Waals surface area (Å²) < 4.78 is 19.2. The molecule has 3 aliphatic rings. The van der Waals surface area contributed by atoms with Crippen LogP contribution in [-0.2, 0) is 16.2 Å². The van der Waals surface area contributed by atoms with Crippen LogP contribution in [0, 0.1) is 29.5 Å². The fourth-order valence-electron chi connectivity index (χ4n) is 4.89. The van der Waals surface area contributed by atoms with Crippen molar-refractivity contribution in [2.75, 3.05) is 19.0 Å². The van der Waals surface area contributed by atoms with E-state index in [0.717, 1.165) is 22.7 Å². The third kappa shape index (κ3) is 3.47. The molecule has 2 aromatic rings. The molecule has 1 aliphatic heterocycles. The van der Waals surface area contributed by atoms with Gasteiger partial charge in [-0.1, -0.05) is 24.3 Å². The van der Waals surface area contributed by atoms with Crippen LogP contribution in [-0.4, -0.2) is 37.1 Å². The monoisotopic (exact) mass is 433 g/mol. The minimum absolute atomic E-state index is 0.149. The molecule has 2 fully saturated rings. The standard InChI is InChI=1S/C25H24FN3O3/c1-28(2)20-10-7-18(21(12-20)32-14-15-3-8-19(26)9-4-15)13-27-29-24(30)22-16-5-6-17(11-16)23(22)25(29)31/h3-10,12-13,16-17,22-23H,11,14H2,1-2H3/t16-,17-,22-,23+/m0/s1. The van der Waals surface area contributed by atoms with Gasteiger partial charge in [-0.3, -0.25) is 9.59 Å². The second-order valence-corrected chi connectivity index (χ2v) is 8.76. The molecule has 0 N–H and O–H groups in total. The van der Waals surface area contributed by atoms with Crippen LogP contribution in [0.2, 0.25) is 0 Å². The fourth-order valence-corrected chi connectivity index (χ4v) is 4.89. The number of benzene rings is 2. The molecule has 6 nitrogen and oxygen atoms in total. The van der Waals surface area contributed by atoms with Crippen LogP contribution in [0.15, 0.2) is 59.7 Å². The molecule has 1 heterocycles. The predicted molar refractivity (Wildman–Crippen MR) is 119 cm³/mol. The van der Waals surface area contributed by atoms with E-state index in [9.17, 15) is 14.0 Å². The average Bonchev–Trinajstić information content (AvgIpc) is 3.46. The molecule has 32 heavy (non-hydrogen) atoms. The van der Waals surface area contributed by atoms with Crippen molar-refractivity contribution >= 4 is 23.7 Å². The molecule has 2 bridgehead atoms. The zero-order valence-corrected chi connectivity index (χ0v) is 17.9. The van der Waals surface area contributed by atoms with Crippen LogP contribution in [0.25, 0.3) is 0 Å². The second-order valence-electron chi connectivity index (χ2n) is 8.76. The minimum atomic E-state index is -0.301. The molecule has 0 aromatic heterocycles. The largest absolute Gasteiger partial charge is 0.488 e. The average molecular weight is 433 g/mol. The highest BCUT2D eigenvalue weighted by Gasteiger charge is 2.59. The zero-order valence-electron chi connectivity index (χ0n) is 17.9. The lowest BCUT2D eigenvalue weighted by Gasteiger charge is -2.16. The molecule has 1 saturated heterocycles. The first-order valence-electron chi connectivity index (χ1n) is 10.7. The molecule has 7 heteroatoms. The first-order valence-corrected chi connectivity index (χ1v) is 10.7. The third-order valence-corrected chi connectivity index (χ3v) is 6.58. The Morgan fingerprint density at radius 1 is 1.06 bits per heavy atom. The Kier molecular flexibility index (Phi) is 5.04. The molecule has 0 spiro atoms. The molecule has 0 unspecified atom stereocenters. The van der Waals surface area contributed by atoms with Crippen molar-refractivity contribution in [3.8, 4) is 5.75 Å². The van der Waals surface area contributed by atoms with Gasteiger partial charge >= 0.3 is 0 Å². The number of hydrazone groups is 1. The molecular formula is C25H24FN3O3. The van der Waals surface area contributed by atoms with Gasteiger partial charge in [-0.2, -0.15) is 10.1 Å². The van der Waals surface area contributed by atoms with Gasteiger partial charge in [-0.25, -0.2) is 4.39 Å². The Morgan fingerprint density at radius 2 is 1.72 bits per heavy atom. The summed E-state index contributed by atoms with van der Waals surface area (Å²) in [5, 5.41) is 5.31. The van der Waals surface area contributed by atoms with E-state index in [-0.39, 0.29) is 47.9 Å². The van der Waals surface area contributed by atoms with E-state index in [1.165, 1.54) is 18.3 Å². The summed E-state index contributed by atoms with van der Waals surface area (Å²) in [4.78, 5) is 27.7. The number of ether oxygens (including phenoxy) is 1. The van der Waals surface area contributed by atoms with Crippen molar-refractivity contribution < 1.29 is 18.7 Å². The molecule has 2 amide bonds. The van der Waals surface area contributed by atoms with E-state index in [1.54, 1.807) is 12.1 Å². The first kappa shape index (κ1) is 20.4. The van der Waals surface area contributed by atoms with Crippen molar-refractivity contribution in [1.29, 1.82) is 0 Å². The number of imide groups is 1. The maximum Gasteiger partial charge on any atom is 0.254 e. The van der Waals surface area contributed by atoms with Gasteiger partial charge in [0.25, 0.3) is 11.8 Å². The number of amides is 2. The molecule has 4 atom stereocenters. The van der Waals surface area contributed by atoms with Gasteiger partial charge in [-0.15, -0.1) is 0 Å². The maximum atomic E-state index is 13.2. The molecule has 2 aromatic carbocycles. The van der Waals surface area contributed by atoms with Crippen molar-refractivity contribution in [2.24, 2.45) is 28.8 Å². The third-order valence-electron chi connectivity index (χ3n) is 6.58. The number of fused-ring (bicyclic) bond motifs is 5. The SMILES string of the molecule is CN(C)c1ccc(C=NN2C(=O)[C@@H]3[C@H](C2=O)[C@H]2C=C[C@H]3C2)c(OCc2ccc(F)cc2)c1. The fraction of sp³-hybridized carbons (Fsp3) is 0.320. The second kappa shape index (κ2) is 7.89. The zero-order chi connectivity index (χ0) is 22.4. The van der Waals surface area contributed by atoms with Crippen molar-refractivity contribution in [3.05, 3.63) is 71.6 Å². The van der Waals surface area contributed by atoms with Crippen molar-refractivity contribution in [1.82, 2.24) is 5.01 Å². The van der Waals surface area contributed by atoms with Crippen molar-refractivity contribution in [2.45, 2.75) is 13.0 Å². The number of rotatable bonds is 6. The topological polar surface area (TPSA) is 62.2 Å². The summed E-state index contributed by atoms with van der Waals surface area (Å²) in [5.41, 5.74) is 2.41. The number of carbonyl (C=O) groups is 2. The Morgan fingerprint density at radius 3 is 2.34 bits per heavy atom. The van der Waals surface area contributed by atoms with E-state index < -0.39 is 0 Å². The van der Waals surface area contributed by atoms with Gasteiger partial charge in [0.1, 0.15) is 18.2 Å².